The number of aromatic nitrogens is 2. The van der Waals surface area contributed by atoms with Gasteiger partial charge < -0.3 is 0 Å². The molecule has 4 rings (SSSR count). The Morgan fingerprint density at radius 2 is 1.04 bits per heavy atom. The summed E-state index contributed by atoms with van der Waals surface area (Å²) < 4.78 is 2.09. The molecule has 0 spiro atoms. The third-order valence-electron chi connectivity index (χ3n) is 3.82. The fourth-order valence-corrected chi connectivity index (χ4v) is 6.09. The van der Waals surface area contributed by atoms with E-state index in [9.17, 15) is 0 Å². The van der Waals surface area contributed by atoms with Crippen LogP contribution in [-0.4, -0.2) is 9.97 Å². The molecule has 0 fully saturated rings. The fourth-order valence-electron chi connectivity index (χ4n) is 2.63. The Hall–Kier alpha value is -1.95. The van der Waals surface area contributed by atoms with Crippen LogP contribution in [0, 0.1) is 13.8 Å². The van der Waals surface area contributed by atoms with Crippen molar-refractivity contribution in [3.8, 4) is 22.5 Å². The van der Waals surface area contributed by atoms with E-state index in [-0.39, 0.29) is 0 Å². The van der Waals surface area contributed by atoms with Gasteiger partial charge in [0.25, 0.3) is 0 Å². The summed E-state index contributed by atoms with van der Waals surface area (Å²) in [6, 6.07) is 20.7. The van der Waals surface area contributed by atoms with Gasteiger partial charge in [0.2, 0.25) is 0 Å². The Morgan fingerprint density at radius 1 is 0.640 bits per heavy atom. The molecular formula is C20H16N2S3. The molecule has 0 aliphatic heterocycles. The Labute approximate surface area is 159 Å². The lowest BCUT2D eigenvalue weighted by Gasteiger charge is -1.97. The molecule has 0 N–H and O–H groups in total. The van der Waals surface area contributed by atoms with Gasteiger partial charge in [-0.15, -0.1) is 22.7 Å². The highest BCUT2D eigenvalue weighted by Crippen LogP contribution is 2.40. The first-order valence-electron chi connectivity index (χ1n) is 7.94. The second-order valence-corrected chi connectivity index (χ2v) is 9.50. The van der Waals surface area contributed by atoms with Gasteiger partial charge in [-0.3, -0.25) is 0 Å². The molecule has 0 atom stereocenters. The van der Waals surface area contributed by atoms with E-state index in [4.69, 9.17) is 9.97 Å². The zero-order valence-electron chi connectivity index (χ0n) is 13.9. The van der Waals surface area contributed by atoms with Gasteiger partial charge in [-0.25, -0.2) is 9.97 Å². The maximum absolute atomic E-state index is 4.84. The van der Waals surface area contributed by atoms with Crippen LogP contribution < -0.4 is 0 Å². The van der Waals surface area contributed by atoms with Crippen LogP contribution in [0.3, 0.4) is 0 Å². The summed E-state index contributed by atoms with van der Waals surface area (Å²) in [6.45, 7) is 4.26. The van der Waals surface area contributed by atoms with Gasteiger partial charge in [0.1, 0.15) is 0 Å². The van der Waals surface area contributed by atoms with Gasteiger partial charge in [0.05, 0.1) is 11.4 Å². The maximum atomic E-state index is 4.84. The summed E-state index contributed by atoms with van der Waals surface area (Å²) in [6.07, 6.45) is 0. The average molecular weight is 381 g/mol. The molecule has 0 saturated carbocycles. The highest BCUT2D eigenvalue weighted by Gasteiger charge is 2.15. The van der Waals surface area contributed by atoms with E-state index in [2.05, 4.69) is 62.4 Å². The predicted molar refractivity (Wildman–Crippen MR) is 109 cm³/mol. The molecule has 25 heavy (non-hydrogen) atoms. The van der Waals surface area contributed by atoms with E-state index in [1.54, 1.807) is 34.4 Å². The van der Waals surface area contributed by atoms with Crippen LogP contribution in [0.25, 0.3) is 22.5 Å². The second-order valence-electron chi connectivity index (χ2n) is 5.60. The largest absolute Gasteiger partial charge is 0.229 e. The minimum atomic E-state index is 1.05. The fraction of sp³-hybridized carbons (Fsp3) is 0.100. The summed E-state index contributed by atoms with van der Waals surface area (Å²) in [5.41, 5.74) is 4.49. The van der Waals surface area contributed by atoms with Gasteiger partial charge in [0.15, 0.2) is 8.68 Å². The average Bonchev–Trinajstić information content (AvgIpc) is 3.19. The van der Waals surface area contributed by atoms with E-state index >= 15 is 0 Å². The molecule has 5 heteroatoms. The van der Waals surface area contributed by atoms with Crippen LogP contribution in [0.2, 0.25) is 0 Å². The number of benzene rings is 2. The van der Waals surface area contributed by atoms with Crippen molar-refractivity contribution >= 4 is 34.4 Å². The third kappa shape index (κ3) is 3.54. The zero-order valence-corrected chi connectivity index (χ0v) is 16.3. The number of hydrogen-bond acceptors (Lipinski definition) is 5. The van der Waals surface area contributed by atoms with Crippen molar-refractivity contribution in [2.24, 2.45) is 0 Å². The molecule has 0 saturated heterocycles. The number of hydrogen-bond donors (Lipinski definition) is 0. The monoisotopic (exact) mass is 380 g/mol. The molecule has 4 aromatic rings. The Kier molecular flexibility index (Phi) is 4.70. The number of aryl methyl sites for hydroxylation is 2. The van der Waals surface area contributed by atoms with Crippen molar-refractivity contribution in [1.82, 2.24) is 9.97 Å². The lowest BCUT2D eigenvalue weighted by Crippen LogP contribution is -1.80. The first-order valence-corrected chi connectivity index (χ1v) is 10.4. The first kappa shape index (κ1) is 16.5. The Bertz CT molecular complexity index is 907. The van der Waals surface area contributed by atoms with Crippen molar-refractivity contribution in [2.45, 2.75) is 22.5 Å². The molecule has 0 radical (unpaired) electrons. The van der Waals surface area contributed by atoms with Gasteiger partial charge in [-0.2, -0.15) is 0 Å². The highest BCUT2D eigenvalue weighted by atomic mass is 32.2. The van der Waals surface area contributed by atoms with E-state index < -0.39 is 0 Å². The van der Waals surface area contributed by atoms with Crippen LogP contribution in [0.1, 0.15) is 9.75 Å². The zero-order chi connectivity index (χ0) is 17.2. The molecular weight excluding hydrogens is 364 g/mol. The van der Waals surface area contributed by atoms with Gasteiger partial charge >= 0.3 is 0 Å². The topological polar surface area (TPSA) is 25.8 Å². The van der Waals surface area contributed by atoms with Crippen LogP contribution in [-0.2, 0) is 0 Å². The van der Waals surface area contributed by atoms with E-state index in [1.807, 2.05) is 12.1 Å². The van der Waals surface area contributed by atoms with Crippen LogP contribution in [0.5, 0.6) is 0 Å². The summed E-state index contributed by atoms with van der Waals surface area (Å²) in [5.74, 6) is 0. The van der Waals surface area contributed by atoms with Crippen molar-refractivity contribution in [2.75, 3.05) is 0 Å². The SMILES string of the molecule is Cc1sc(Sc2nc(-c3ccccc3)c(C)s2)nc1-c1ccccc1. The number of rotatable bonds is 4. The number of nitrogens with zero attached hydrogens (tertiary/aromatic N) is 2. The molecule has 0 amide bonds. The van der Waals surface area contributed by atoms with Crippen molar-refractivity contribution in [3.05, 3.63) is 70.4 Å². The predicted octanol–water partition coefficient (Wildman–Crippen LogP) is 6.70. The van der Waals surface area contributed by atoms with Gasteiger partial charge in [-0.1, -0.05) is 60.7 Å². The first-order chi connectivity index (χ1) is 12.2. The van der Waals surface area contributed by atoms with Gasteiger partial charge in [-0.05, 0) is 25.6 Å². The Balaban J connectivity index is 1.62. The smallest absolute Gasteiger partial charge is 0.157 e. The standard InChI is InChI=1S/C20H16N2S3/c1-13-17(15-9-5-3-6-10-15)21-19(23-13)25-20-22-18(14(2)24-20)16-11-7-4-8-12-16/h3-12H,1-2H3. The summed E-state index contributed by atoms with van der Waals surface area (Å²) in [7, 11) is 0. The van der Waals surface area contributed by atoms with Crippen molar-refractivity contribution in [3.63, 3.8) is 0 Å². The molecule has 2 aromatic carbocycles. The second kappa shape index (κ2) is 7.12. The third-order valence-corrected chi connectivity index (χ3v) is 6.89. The normalized spacial score (nSPS) is 11.0. The minimum Gasteiger partial charge on any atom is -0.229 e. The minimum absolute atomic E-state index is 1.05. The highest BCUT2D eigenvalue weighted by molar-refractivity contribution is 8.02. The summed E-state index contributed by atoms with van der Waals surface area (Å²) in [4.78, 5) is 12.2. The molecule has 0 bridgehead atoms. The van der Waals surface area contributed by atoms with Crippen LogP contribution in [0.15, 0.2) is 69.3 Å². The van der Waals surface area contributed by atoms with Crippen molar-refractivity contribution in [1.29, 1.82) is 0 Å². The van der Waals surface area contributed by atoms with E-state index in [0.717, 1.165) is 20.1 Å². The number of thiazole rings is 2. The van der Waals surface area contributed by atoms with Crippen LogP contribution in [0.4, 0.5) is 0 Å². The molecule has 2 nitrogen and oxygen atoms in total. The molecule has 0 unspecified atom stereocenters. The lowest BCUT2D eigenvalue weighted by molar-refractivity contribution is 1.21. The molecule has 0 aliphatic carbocycles. The van der Waals surface area contributed by atoms with Gasteiger partial charge in [0, 0.05) is 20.9 Å². The van der Waals surface area contributed by atoms with Crippen LogP contribution >= 0.6 is 34.4 Å². The van der Waals surface area contributed by atoms with E-state index in [0.29, 0.717) is 0 Å². The molecule has 2 aromatic heterocycles. The Morgan fingerprint density at radius 3 is 1.44 bits per heavy atom. The van der Waals surface area contributed by atoms with Crippen molar-refractivity contribution < 1.29 is 0 Å². The molecule has 0 aliphatic rings. The lowest BCUT2D eigenvalue weighted by atomic mass is 10.1. The van der Waals surface area contributed by atoms with E-state index in [1.165, 1.54) is 20.9 Å². The maximum Gasteiger partial charge on any atom is 0.157 e. The molecule has 2 heterocycles. The summed E-state index contributed by atoms with van der Waals surface area (Å²) in [5, 5.41) is 0. The molecule has 124 valence electrons. The summed E-state index contributed by atoms with van der Waals surface area (Å²) >= 11 is 5.13. The quantitative estimate of drug-likeness (QED) is 0.394.